The van der Waals surface area contributed by atoms with Crippen molar-refractivity contribution in [3.63, 3.8) is 0 Å². The molecule has 3 aromatic rings. The van der Waals surface area contributed by atoms with E-state index in [9.17, 15) is 4.79 Å². The van der Waals surface area contributed by atoms with E-state index in [-0.39, 0.29) is 35.2 Å². The molecule has 3 rings (SSSR count). The van der Waals surface area contributed by atoms with E-state index in [1.54, 1.807) is 12.1 Å². The highest BCUT2D eigenvalue weighted by atomic mass is 32.1. The first-order valence-electron chi connectivity index (χ1n) is 9.11. The van der Waals surface area contributed by atoms with Gasteiger partial charge in [-0.1, -0.05) is 61.6 Å². The van der Waals surface area contributed by atoms with E-state index >= 15 is 0 Å². The lowest BCUT2D eigenvalue weighted by Crippen LogP contribution is -2.38. The summed E-state index contributed by atoms with van der Waals surface area (Å²) >= 11 is 4.84. The predicted molar refractivity (Wildman–Crippen MR) is 112 cm³/mol. The molecule has 1 heterocycles. The number of amides is 1. The van der Waals surface area contributed by atoms with Crippen molar-refractivity contribution in [2.45, 2.75) is 19.4 Å². The zero-order chi connectivity index (χ0) is 20.6. The molecule has 0 saturated carbocycles. The third-order valence-electron chi connectivity index (χ3n) is 4.33. The molecule has 0 aliphatic heterocycles. The third-order valence-corrected chi connectivity index (χ3v) is 4.62. The predicted octanol–water partition coefficient (Wildman–Crippen LogP) is 3.58. The number of hydroxylamine groups is 1. The van der Waals surface area contributed by atoms with Gasteiger partial charge in [-0.25, -0.2) is 0 Å². The molecule has 0 unspecified atom stereocenters. The van der Waals surface area contributed by atoms with Crippen LogP contribution in [0.1, 0.15) is 29.5 Å². The van der Waals surface area contributed by atoms with Crippen molar-refractivity contribution in [1.82, 2.24) is 16.0 Å². The van der Waals surface area contributed by atoms with E-state index in [4.69, 9.17) is 26.7 Å². The molecule has 2 aromatic carbocycles. The molecule has 1 atom stereocenters. The maximum absolute atomic E-state index is 12.6. The van der Waals surface area contributed by atoms with Crippen molar-refractivity contribution >= 4 is 23.1 Å². The van der Waals surface area contributed by atoms with Gasteiger partial charge in [0.2, 0.25) is 0 Å². The van der Waals surface area contributed by atoms with Crippen LogP contribution in [0.5, 0.6) is 5.88 Å². The molecule has 0 radical (unpaired) electrons. The zero-order valence-electron chi connectivity index (χ0n) is 15.8. The van der Waals surface area contributed by atoms with Crippen molar-refractivity contribution in [1.29, 1.82) is 0 Å². The van der Waals surface area contributed by atoms with Crippen LogP contribution in [0, 0.1) is 0 Å². The van der Waals surface area contributed by atoms with Gasteiger partial charge in [-0.15, -0.1) is 0 Å². The van der Waals surface area contributed by atoms with Gasteiger partial charge in [0.15, 0.2) is 10.7 Å². The van der Waals surface area contributed by atoms with E-state index in [0.717, 1.165) is 11.1 Å². The van der Waals surface area contributed by atoms with E-state index in [2.05, 4.69) is 10.5 Å². The zero-order valence-corrected chi connectivity index (χ0v) is 16.6. The summed E-state index contributed by atoms with van der Waals surface area (Å²) in [5.41, 5.74) is 4.54. The number of ether oxygens (including phenoxy) is 1. The molecule has 1 amide bonds. The summed E-state index contributed by atoms with van der Waals surface area (Å²) in [6, 6.07) is 18.7. The summed E-state index contributed by atoms with van der Waals surface area (Å²) in [5.74, 6) is 0.233. The molecular weight excluding hydrogens is 390 g/mol. The van der Waals surface area contributed by atoms with Gasteiger partial charge in [-0.3, -0.25) is 15.5 Å². The maximum atomic E-state index is 12.6. The van der Waals surface area contributed by atoms with E-state index in [1.807, 2.05) is 54.9 Å². The van der Waals surface area contributed by atoms with E-state index in [0.29, 0.717) is 12.0 Å². The van der Waals surface area contributed by atoms with Crippen molar-refractivity contribution in [2.75, 3.05) is 6.61 Å². The van der Waals surface area contributed by atoms with Gasteiger partial charge in [0.1, 0.15) is 6.61 Å². The molecule has 0 aliphatic carbocycles. The number of benzene rings is 2. The summed E-state index contributed by atoms with van der Waals surface area (Å²) in [6.07, 6.45) is 0.676. The van der Waals surface area contributed by atoms with Crippen LogP contribution in [-0.4, -0.2) is 33.9 Å². The quantitative estimate of drug-likeness (QED) is 0.385. The number of hydrogen-bond acceptors (Lipinski definition) is 6. The van der Waals surface area contributed by atoms with Crippen LogP contribution in [0.2, 0.25) is 0 Å². The Labute approximate surface area is 173 Å². The molecule has 150 valence electrons. The lowest BCUT2D eigenvalue weighted by Gasteiger charge is -2.17. The van der Waals surface area contributed by atoms with Gasteiger partial charge in [-0.05, 0) is 34.8 Å². The summed E-state index contributed by atoms with van der Waals surface area (Å²) in [4.78, 5) is 12.6. The number of thiocarbonyl (C=S) groups is 1. The van der Waals surface area contributed by atoms with Gasteiger partial charge in [0.25, 0.3) is 11.8 Å². The van der Waals surface area contributed by atoms with Crippen LogP contribution in [-0.2, 0) is 0 Å². The van der Waals surface area contributed by atoms with Gasteiger partial charge >= 0.3 is 0 Å². The molecule has 1 aromatic heterocycles. The maximum Gasteiger partial charge on any atom is 0.254 e. The Bertz CT molecular complexity index is 958. The molecule has 0 bridgehead atoms. The molecule has 3 N–H and O–H groups in total. The fourth-order valence-corrected chi connectivity index (χ4v) is 2.75. The summed E-state index contributed by atoms with van der Waals surface area (Å²) < 4.78 is 10.5. The van der Waals surface area contributed by atoms with Crippen molar-refractivity contribution in [3.05, 3.63) is 72.0 Å². The summed E-state index contributed by atoms with van der Waals surface area (Å²) in [5, 5.41) is 15.4. The second-order valence-electron chi connectivity index (χ2n) is 6.30. The fourth-order valence-electron chi connectivity index (χ4n) is 2.65. The fraction of sp³-hybridized carbons (Fsp3) is 0.190. The number of carbonyl (C=O) groups excluding carboxylic acids is 1. The summed E-state index contributed by atoms with van der Waals surface area (Å²) in [6.45, 7) is 2.17. The first kappa shape index (κ1) is 20.5. The average Bonchev–Trinajstić information content (AvgIpc) is 3.25. The SMILES string of the molecule is CC[C@@H](COc1cc(C(=S)NO)on1)NC(=O)c1ccc(-c2ccccc2)cc1. The minimum atomic E-state index is -0.209. The molecule has 0 spiro atoms. The third kappa shape index (κ3) is 5.40. The number of carbonyl (C=O) groups is 1. The van der Waals surface area contributed by atoms with Crippen molar-refractivity contribution in [3.8, 4) is 17.0 Å². The number of aromatic nitrogens is 1. The average molecular weight is 411 g/mol. The Morgan fingerprint density at radius 1 is 1.17 bits per heavy atom. The van der Waals surface area contributed by atoms with Gasteiger partial charge in [0, 0.05) is 5.56 Å². The lowest BCUT2D eigenvalue weighted by molar-refractivity contribution is 0.0918. The van der Waals surface area contributed by atoms with Crippen LogP contribution in [0.25, 0.3) is 11.1 Å². The van der Waals surface area contributed by atoms with Crippen molar-refractivity contribution < 1.29 is 19.3 Å². The molecule has 29 heavy (non-hydrogen) atoms. The van der Waals surface area contributed by atoms with Gasteiger partial charge in [-0.2, -0.15) is 0 Å². The lowest BCUT2D eigenvalue weighted by atomic mass is 10.0. The highest BCUT2D eigenvalue weighted by Gasteiger charge is 2.15. The molecule has 0 saturated heterocycles. The molecule has 8 heteroatoms. The Morgan fingerprint density at radius 3 is 2.52 bits per heavy atom. The minimum absolute atomic E-state index is 0.00615. The topological polar surface area (TPSA) is 96.6 Å². The Hall–Kier alpha value is -3.23. The second kappa shape index (κ2) is 9.81. The van der Waals surface area contributed by atoms with E-state index < -0.39 is 0 Å². The first-order valence-corrected chi connectivity index (χ1v) is 9.51. The summed E-state index contributed by atoms with van der Waals surface area (Å²) in [7, 11) is 0. The Kier molecular flexibility index (Phi) is 6.94. The number of nitrogens with zero attached hydrogens (tertiary/aromatic N) is 1. The van der Waals surface area contributed by atoms with Crippen LogP contribution in [0.15, 0.2) is 65.2 Å². The highest BCUT2D eigenvalue weighted by molar-refractivity contribution is 7.80. The number of hydrogen-bond donors (Lipinski definition) is 3. The minimum Gasteiger partial charge on any atom is -0.473 e. The van der Waals surface area contributed by atoms with E-state index in [1.165, 1.54) is 6.07 Å². The van der Waals surface area contributed by atoms with Gasteiger partial charge in [0.05, 0.1) is 12.1 Å². The smallest absolute Gasteiger partial charge is 0.254 e. The number of nitrogens with one attached hydrogen (secondary N) is 2. The normalized spacial score (nSPS) is 11.5. The number of rotatable bonds is 8. The van der Waals surface area contributed by atoms with Crippen LogP contribution in [0.3, 0.4) is 0 Å². The van der Waals surface area contributed by atoms with Crippen LogP contribution < -0.4 is 15.5 Å². The van der Waals surface area contributed by atoms with Crippen molar-refractivity contribution in [2.24, 2.45) is 0 Å². The second-order valence-corrected chi connectivity index (χ2v) is 6.71. The Morgan fingerprint density at radius 2 is 1.86 bits per heavy atom. The van der Waals surface area contributed by atoms with Crippen LogP contribution in [0.4, 0.5) is 0 Å². The highest BCUT2D eigenvalue weighted by Crippen LogP contribution is 2.19. The molecule has 0 fully saturated rings. The molecular formula is C21H21N3O4S. The molecule has 0 aliphatic rings. The largest absolute Gasteiger partial charge is 0.473 e. The van der Waals surface area contributed by atoms with Gasteiger partial charge < -0.3 is 14.6 Å². The molecule has 7 nitrogen and oxygen atoms in total. The standard InChI is InChI=1S/C21H21N3O4S/c1-2-17(13-27-19-12-18(28-24-19)21(29)23-26)22-20(25)16-10-8-15(9-11-16)14-6-4-3-5-7-14/h3-12,17,26H,2,13H2,1H3,(H,22,25)(H,23,29)/t17-/m0/s1. The Balaban J connectivity index is 1.56. The monoisotopic (exact) mass is 411 g/mol. The van der Waals surface area contributed by atoms with Crippen LogP contribution >= 0.6 is 12.2 Å². The first-order chi connectivity index (χ1) is 14.1.